The number of hydrogen-bond donors (Lipinski definition) is 0. The third-order valence-electron chi connectivity index (χ3n) is 3.82. The molecule has 25 heavy (non-hydrogen) atoms. The Morgan fingerprint density at radius 1 is 0.800 bits per heavy atom. The van der Waals surface area contributed by atoms with Crippen LogP contribution in [-0.2, 0) is 21.7 Å². The highest BCUT2D eigenvalue weighted by Crippen LogP contribution is 2.43. The van der Waals surface area contributed by atoms with Gasteiger partial charge in [-0.15, -0.1) is 0 Å². The molecule has 0 N–H and O–H groups in total. The number of benzene rings is 3. The number of fused-ring (bicyclic) bond motifs is 2. The lowest BCUT2D eigenvalue weighted by Crippen LogP contribution is -2.16. The van der Waals surface area contributed by atoms with Crippen LogP contribution in [0.15, 0.2) is 97.3 Å². The van der Waals surface area contributed by atoms with Crippen LogP contribution in [-0.4, -0.2) is 10.8 Å². The predicted molar refractivity (Wildman–Crippen MR) is 92.8 cm³/mol. The minimum Gasteiger partial charge on any atom is -0.435 e. The zero-order chi connectivity index (χ0) is 17.4. The van der Waals surface area contributed by atoms with Gasteiger partial charge in [-0.1, -0.05) is 24.3 Å². The molecule has 3 aromatic carbocycles. The standard InChI is InChI=1S/C19H13F2O2S2/c20-19(21)23-13-9-11-14(12-10-13)24-15-5-1-3-7-17(15)25(22)18-8-4-2-6-16(18)24/h1-12,19H/q+1. The van der Waals surface area contributed by atoms with Crippen molar-refractivity contribution in [3.05, 3.63) is 72.8 Å². The Balaban J connectivity index is 1.84. The summed E-state index contributed by atoms with van der Waals surface area (Å²) in [6.07, 6.45) is 0. The predicted octanol–water partition coefficient (Wildman–Crippen LogP) is 4.86. The number of hydrogen-bond acceptors (Lipinski definition) is 2. The second-order valence-corrected chi connectivity index (χ2v) is 8.70. The minimum absolute atomic E-state index is 0.129. The van der Waals surface area contributed by atoms with Crippen molar-refractivity contribution in [3.8, 4) is 5.75 Å². The van der Waals surface area contributed by atoms with Crippen LogP contribution in [0, 0.1) is 0 Å². The van der Waals surface area contributed by atoms with Crippen LogP contribution in [0.1, 0.15) is 0 Å². The maximum absolute atomic E-state index is 12.9. The summed E-state index contributed by atoms with van der Waals surface area (Å²) in [5, 5.41) is 0. The zero-order valence-electron chi connectivity index (χ0n) is 12.9. The molecule has 0 fully saturated rings. The van der Waals surface area contributed by atoms with Crippen molar-refractivity contribution in [2.24, 2.45) is 0 Å². The third-order valence-corrected chi connectivity index (χ3v) is 7.93. The van der Waals surface area contributed by atoms with E-state index in [1.807, 2.05) is 48.5 Å². The van der Waals surface area contributed by atoms with Gasteiger partial charge in [0.1, 0.15) is 16.6 Å². The molecule has 126 valence electrons. The summed E-state index contributed by atoms with van der Waals surface area (Å²) in [7, 11) is -1.65. The second-order valence-electron chi connectivity index (χ2n) is 5.32. The van der Waals surface area contributed by atoms with Gasteiger partial charge in [-0.2, -0.15) is 8.78 Å². The van der Waals surface area contributed by atoms with Crippen LogP contribution in [0.5, 0.6) is 5.75 Å². The van der Waals surface area contributed by atoms with Crippen LogP contribution in [0.25, 0.3) is 0 Å². The lowest BCUT2D eigenvalue weighted by Gasteiger charge is -2.18. The Kier molecular flexibility index (Phi) is 4.31. The van der Waals surface area contributed by atoms with Gasteiger partial charge in [0.15, 0.2) is 14.7 Å². The van der Waals surface area contributed by atoms with Crippen LogP contribution in [0.4, 0.5) is 8.78 Å². The molecular formula is C19H13F2O2S2+. The summed E-state index contributed by atoms with van der Waals surface area (Å²) < 4.78 is 42.0. The number of rotatable bonds is 3. The first-order valence-corrected chi connectivity index (χ1v) is 9.91. The van der Waals surface area contributed by atoms with E-state index in [2.05, 4.69) is 4.74 Å². The van der Waals surface area contributed by atoms with Crippen molar-refractivity contribution >= 4 is 21.7 Å². The fourth-order valence-corrected chi connectivity index (χ4v) is 7.01. The first-order chi connectivity index (χ1) is 12.1. The molecule has 1 heterocycles. The molecule has 0 amide bonds. The van der Waals surface area contributed by atoms with Gasteiger partial charge < -0.3 is 4.74 Å². The van der Waals surface area contributed by atoms with Crippen LogP contribution in [0.3, 0.4) is 0 Å². The second kappa shape index (κ2) is 6.61. The van der Waals surface area contributed by atoms with Gasteiger partial charge in [0, 0.05) is 0 Å². The van der Waals surface area contributed by atoms with Gasteiger partial charge in [-0.3, -0.25) is 0 Å². The summed E-state index contributed by atoms with van der Waals surface area (Å²) >= 11 is 0. The summed E-state index contributed by atoms with van der Waals surface area (Å²) in [5.41, 5.74) is 0. The smallest absolute Gasteiger partial charge is 0.387 e. The molecule has 0 bridgehead atoms. The van der Waals surface area contributed by atoms with Crippen LogP contribution >= 0.6 is 0 Å². The molecule has 0 atom stereocenters. The lowest BCUT2D eigenvalue weighted by atomic mass is 10.3. The average molecular weight is 375 g/mol. The molecule has 6 heteroatoms. The maximum Gasteiger partial charge on any atom is 0.387 e. The highest BCUT2D eigenvalue weighted by atomic mass is 32.2. The molecule has 4 rings (SSSR count). The first-order valence-electron chi connectivity index (χ1n) is 7.54. The van der Waals surface area contributed by atoms with Crippen LogP contribution in [0.2, 0.25) is 0 Å². The minimum atomic E-state index is -2.84. The molecule has 0 spiro atoms. The molecule has 0 radical (unpaired) electrons. The molecule has 0 saturated heterocycles. The zero-order valence-corrected chi connectivity index (χ0v) is 14.5. The van der Waals surface area contributed by atoms with Crippen LogP contribution < -0.4 is 4.74 Å². The molecule has 0 aliphatic carbocycles. The maximum atomic E-state index is 12.9. The molecule has 0 saturated carbocycles. The quantitative estimate of drug-likeness (QED) is 0.478. The Morgan fingerprint density at radius 2 is 1.32 bits per heavy atom. The van der Waals surface area contributed by atoms with Crippen molar-refractivity contribution in [3.63, 3.8) is 0 Å². The van der Waals surface area contributed by atoms with Gasteiger partial charge in [-0.05, 0) is 48.5 Å². The Morgan fingerprint density at radius 3 is 1.84 bits per heavy atom. The van der Waals surface area contributed by atoms with E-state index in [1.54, 1.807) is 24.3 Å². The molecule has 0 aromatic heterocycles. The van der Waals surface area contributed by atoms with E-state index < -0.39 is 28.3 Å². The van der Waals surface area contributed by atoms with Crippen molar-refractivity contribution in [2.45, 2.75) is 31.1 Å². The van der Waals surface area contributed by atoms with E-state index in [0.29, 0.717) is 0 Å². The summed E-state index contributed by atoms with van der Waals surface area (Å²) in [6.45, 7) is -2.84. The molecule has 1 aliphatic rings. The van der Waals surface area contributed by atoms with E-state index in [4.69, 9.17) is 0 Å². The Labute approximate surface area is 149 Å². The molecule has 2 nitrogen and oxygen atoms in total. The van der Waals surface area contributed by atoms with Gasteiger partial charge in [0.25, 0.3) is 0 Å². The Bertz CT molecular complexity index is 893. The van der Waals surface area contributed by atoms with Crippen molar-refractivity contribution in [2.75, 3.05) is 0 Å². The van der Waals surface area contributed by atoms with Crippen molar-refractivity contribution < 1.29 is 17.7 Å². The van der Waals surface area contributed by atoms with Crippen molar-refractivity contribution in [1.29, 1.82) is 0 Å². The number of halogens is 2. The van der Waals surface area contributed by atoms with E-state index in [0.717, 1.165) is 24.5 Å². The van der Waals surface area contributed by atoms with Gasteiger partial charge >= 0.3 is 6.61 Å². The SMILES string of the molecule is O=S1c2ccccc2[S+](c2ccc(OC(F)F)cc2)c2ccccc21. The summed E-state index contributed by atoms with van der Waals surface area (Å²) in [5.74, 6) is 0.129. The van der Waals surface area contributed by atoms with Gasteiger partial charge in [-0.25, -0.2) is 4.21 Å². The fourth-order valence-electron chi connectivity index (χ4n) is 2.79. The van der Waals surface area contributed by atoms with E-state index in [-0.39, 0.29) is 5.75 Å². The lowest BCUT2D eigenvalue weighted by molar-refractivity contribution is -0.0498. The highest BCUT2D eigenvalue weighted by Gasteiger charge is 2.40. The normalized spacial score (nSPS) is 18.5. The topological polar surface area (TPSA) is 26.3 Å². The Hall–Kier alpha value is -2.18. The van der Waals surface area contributed by atoms with E-state index in [9.17, 15) is 13.0 Å². The molecule has 0 unspecified atom stereocenters. The van der Waals surface area contributed by atoms with E-state index in [1.165, 1.54) is 0 Å². The average Bonchev–Trinajstić information content (AvgIpc) is 2.63. The largest absolute Gasteiger partial charge is 0.435 e. The number of ether oxygens (including phenoxy) is 1. The first kappa shape index (κ1) is 16.3. The third kappa shape index (κ3) is 2.96. The van der Waals surface area contributed by atoms with E-state index >= 15 is 0 Å². The molecule has 3 aromatic rings. The van der Waals surface area contributed by atoms with Crippen molar-refractivity contribution in [1.82, 2.24) is 0 Å². The molecular weight excluding hydrogens is 362 g/mol. The van der Waals surface area contributed by atoms with Gasteiger partial charge in [0.05, 0.1) is 20.6 Å². The monoisotopic (exact) mass is 375 g/mol. The van der Waals surface area contributed by atoms with Gasteiger partial charge in [0.2, 0.25) is 0 Å². The number of alkyl halides is 2. The molecule has 1 aliphatic heterocycles. The fraction of sp³-hybridized carbons (Fsp3) is 0.0526. The highest BCUT2D eigenvalue weighted by molar-refractivity contribution is 7.99. The summed E-state index contributed by atoms with van der Waals surface area (Å²) in [6, 6.07) is 22.0. The summed E-state index contributed by atoms with van der Waals surface area (Å²) in [4.78, 5) is 4.58.